The molecular weight excluding hydrogens is 419 g/mol. The number of aryl methyl sites for hydroxylation is 1. The number of anilines is 1. The number of benzene rings is 1. The molecule has 1 aliphatic rings. The van der Waals surface area contributed by atoms with Crippen LogP contribution in [0.15, 0.2) is 56.8 Å². The van der Waals surface area contributed by atoms with Crippen LogP contribution in [-0.2, 0) is 4.79 Å². The molecule has 2 N–H and O–H groups in total. The maximum absolute atomic E-state index is 12.5. The number of carbonyl (C=O) groups excluding carboxylic acids is 1. The van der Waals surface area contributed by atoms with Crippen LogP contribution >= 0.6 is 34.5 Å². The monoisotopic (exact) mass is 430 g/mol. The van der Waals surface area contributed by atoms with Crippen molar-refractivity contribution in [1.82, 2.24) is 14.6 Å². The molecule has 1 aliphatic carbocycles. The fourth-order valence-electron chi connectivity index (χ4n) is 2.77. The lowest BCUT2D eigenvalue weighted by Gasteiger charge is -2.07. The second kappa shape index (κ2) is 7.01. The molecular formula is C19H12Cl2N4O2S. The standard InChI is InChI=1S/C19H12Cl2N4O2S/c1-9-4-2-3-5-11(9)18-24-25-16(22)12(17(27)23-19(25)28-18)6-10-7-13(20)15(26)14(21)8-10/h2-8H,22H2,1H3. The highest BCUT2D eigenvalue weighted by molar-refractivity contribution is 7.19. The number of halogens is 2. The first kappa shape index (κ1) is 18.6. The van der Waals surface area contributed by atoms with Gasteiger partial charge in [0.05, 0.1) is 15.6 Å². The van der Waals surface area contributed by atoms with Gasteiger partial charge < -0.3 is 5.73 Å². The van der Waals surface area contributed by atoms with Crippen molar-refractivity contribution < 1.29 is 4.79 Å². The molecule has 0 spiro atoms. The van der Waals surface area contributed by atoms with E-state index in [2.05, 4.69) is 10.1 Å². The van der Waals surface area contributed by atoms with Gasteiger partial charge >= 0.3 is 0 Å². The molecule has 3 aromatic rings. The Hall–Kier alpha value is -2.74. The highest BCUT2D eigenvalue weighted by atomic mass is 35.5. The maximum atomic E-state index is 12.5. The number of carbonyl (C=O) groups is 1. The summed E-state index contributed by atoms with van der Waals surface area (Å²) in [6.07, 6.45) is 4.33. The zero-order valence-corrected chi connectivity index (χ0v) is 16.8. The highest BCUT2D eigenvalue weighted by Crippen LogP contribution is 2.29. The van der Waals surface area contributed by atoms with E-state index in [0.717, 1.165) is 11.1 Å². The van der Waals surface area contributed by atoms with Gasteiger partial charge in [-0.15, -0.1) is 0 Å². The molecule has 0 bridgehead atoms. The largest absolute Gasteiger partial charge is 0.383 e. The smallest absolute Gasteiger partial charge is 0.283 e. The number of rotatable bonds is 2. The van der Waals surface area contributed by atoms with Crippen LogP contribution in [-0.4, -0.2) is 20.4 Å². The Morgan fingerprint density at radius 2 is 1.82 bits per heavy atom. The first-order valence-corrected chi connectivity index (χ1v) is 9.68. The van der Waals surface area contributed by atoms with E-state index in [0.29, 0.717) is 15.5 Å². The number of hydrogen-bond acceptors (Lipinski definition) is 6. The van der Waals surface area contributed by atoms with Crippen LogP contribution in [0.4, 0.5) is 5.82 Å². The SMILES string of the molecule is Cc1ccccc1-c1nn2c(N)c(C=C3C=C(Cl)C(=O)C(Cl)=C3)c(=O)nc2s1. The number of aromatic nitrogens is 3. The van der Waals surface area contributed by atoms with E-state index in [4.69, 9.17) is 28.9 Å². The van der Waals surface area contributed by atoms with Gasteiger partial charge in [-0.3, -0.25) is 9.59 Å². The number of nitrogens with two attached hydrogens (primary N) is 1. The number of allylic oxidation sites excluding steroid dienone is 5. The molecule has 0 saturated carbocycles. The van der Waals surface area contributed by atoms with Crippen molar-refractivity contribution in [1.29, 1.82) is 0 Å². The Bertz CT molecular complexity index is 1280. The van der Waals surface area contributed by atoms with Crippen molar-refractivity contribution >= 4 is 57.2 Å². The van der Waals surface area contributed by atoms with Crippen LogP contribution in [0.3, 0.4) is 0 Å². The quantitative estimate of drug-likeness (QED) is 0.664. The molecule has 9 heteroatoms. The number of fused-ring (bicyclic) bond motifs is 1. The molecule has 28 heavy (non-hydrogen) atoms. The Labute approximate surface area is 173 Å². The van der Waals surface area contributed by atoms with Gasteiger partial charge in [0.1, 0.15) is 10.8 Å². The van der Waals surface area contributed by atoms with Gasteiger partial charge in [-0.25, -0.2) is 0 Å². The third-order valence-corrected chi connectivity index (χ3v) is 5.70. The summed E-state index contributed by atoms with van der Waals surface area (Å²) >= 11 is 13.1. The number of nitrogen functional groups attached to an aromatic ring is 1. The third-order valence-electron chi connectivity index (χ3n) is 4.20. The molecule has 0 saturated heterocycles. The van der Waals surface area contributed by atoms with Gasteiger partial charge in [-0.2, -0.15) is 14.6 Å². The van der Waals surface area contributed by atoms with Gasteiger partial charge in [0.15, 0.2) is 0 Å². The van der Waals surface area contributed by atoms with Gasteiger partial charge in [-0.05, 0) is 36.3 Å². The van der Waals surface area contributed by atoms with Gasteiger partial charge in [0.2, 0.25) is 10.7 Å². The molecule has 1 aromatic carbocycles. The predicted molar refractivity (Wildman–Crippen MR) is 113 cm³/mol. The van der Waals surface area contributed by atoms with E-state index >= 15 is 0 Å². The molecule has 0 atom stereocenters. The summed E-state index contributed by atoms with van der Waals surface area (Å²) < 4.78 is 1.44. The second-order valence-corrected chi connectivity index (χ2v) is 7.86. The van der Waals surface area contributed by atoms with Crippen molar-refractivity contribution in [3.05, 3.63) is 73.5 Å². The average molecular weight is 431 g/mol. The van der Waals surface area contributed by atoms with Crippen molar-refractivity contribution in [2.75, 3.05) is 5.73 Å². The van der Waals surface area contributed by atoms with Crippen molar-refractivity contribution in [2.45, 2.75) is 6.92 Å². The summed E-state index contributed by atoms with van der Waals surface area (Å²) in [7, 11) is 0. The van der Waals surface area contributed by atoms with Crippen LogP contribution in [0, 0.1) is 6.92 Å². The first-order valence-electron chi connectivity index (χ1n) is 8.11. The second-order valence-electron chi connectivity index (χ2n) is 6.09. The molecule has 2 heterocycles. The molecule has 0 radical (unpaired) electrons. The number of ketones is 1. The van der Waals surface area contributed by atoms with Gasteiger partial charge in [-0.1, -0.05) is 58.8 Å². The van der Waals surface area contributed by atoms with Crippen LogP contribution in [0.5, 0.6) is 0 Å². The Kier molecular flexibility index (Phi) is 4.66. The Morgan fingerprint density at radius 1 is 1.14 bits per heavy atom. The van der Waals surface area contributed by atoms with Crippen LogP contribution in [0.2, 0.25) is 0 Å². The molecule has 0 unspecified atom stereocenters. The summed E-state index contributed by atoms with van der Waals surface area (Å²) in [6.45, 7) is 1.98. The summed E-state index contributed by atoms with van der Waals surface area (Å²) in [6, 6.07) is 7.79. The van der Waals surface area contributed by atoms with E-state index < -0.39 is 11.3 Å². The lowest BCUT2D eigenvalue weighted by atomic mass is 10.1. The van der Waals surface area contributed by atoms with Crippen LogP contribution in [0.1, 0.15) is 11.1 Å². The normalized spacial score (nSPS) is 14.2. The number of Topliss-reactive ketones (excluding diaryl/α,β-unsaturated/α-hetero) is 1. The minimum Gasteiger partial charge on any atom is -0.383 e. The van der Waals surface area contributed by atoms with E-state index in [1.54, 1.807) is 0 Å². The minimum absolute atomic E-state index is 0.0399. The van der Waals surface area contributed by atoms with E-state index in [-0.39, 0.29) is 21.4 Å². The fraction of sp³-hybridized carbons (Fsp3) is 0.0526. The predicted octanol–water partition coefficient (Wildman–Crippen LogP) is 3.92. The van der Waals surface area contributed by atoms with Crippen molar-refractivity contribution in [3.8, 4) is 10.6 Å². The molecule has 0 amide bonds. The molecule has 6 nitrogen and oxygen atoms in total. The Morgan fingerprint density at radius 3 is 2.50 bits per heavy atom. The summed E-state index contributed by atoms with van der Waals surface area (Å²) in [4.78, 5) is 28.7. The zero-order chi connectivity index (χ0) is 20.0. The van der Waals surface area contributed by atoms with Crippen molar-refractivity contribution in [3.63, 3.8) is 0 Å². The topological polar surface area (TPSA) is 90.4 Å². The molecule has 2 aromatic heterocycles. The maximum Gasteiger partial charge on any atom is 0.283 e. The minimum atomic E-state index is -0.504. The van der Waals surface area contributed by atoms with E-state index in [1.807, 2.05) is 31.2 Å². The average Bonchev–Trinajstić information content (AvgIpc) is 3.07. The molecule has 0 aliphatic heterocycles. The highest BCUT2D eigenvalue weighted by Gasteiger charge is 2.19. The molecule has 0 fully saturated rings. The van der Waals surface area contributed by atoms with E-state index in [1.165, 1.54) is 34.1 Å². The number of nitrogens with zero attached hydrogens (tertiary/aromatic N) is 3. The summed E-state index contributed by atoms with van der Waals surface area (Å²) in [5.41, 5.74) is 8.32. The van der Waals surface area contributed by atoms with Gasteiger partial charge in [0.25, 0.3) is 5.56 Å². The van der Waals surface area contributed by atoms with Gasteiger partial charge in [0, 0.05) is 5.56 Å². The Balaban J connectivity index is 1.88. The lowest BCUT2D eigenvalue weighted by molar-refractivity contribution is -0.111. The third kappa shape index (κ3) is 3.17. The summed E-state index contributed by atoms with van der Waals surface area (Å²) in [5, 5.41) is 5.15. The lowest BCUT2D eigenvalue weighted by Crippen LogP contribution is -2.17. The molecule has 140 valence electrons. The van der Waals surface area contributed by atoms with Crippen LogP contribution in [0.25, 0.3) is 21.6 Å². The number of hydrogen-bond donors (Lipinski definition) is 1. The van der Waals surface area contributed by atoms with E-state index in [9.17, 15) is 9.59 Å². The van der Waals surface area contributed by atoms with Crippen LogP contribution < -0.4 is 11.3 Å². The van der Waals surface area contributed by atoms with Crippen molar-refractivity contribution in [2.24, 2.45) is 0 Å². The summed E-state index contributed by atoms with van der Waals surface area (Å²) in [5.74, 6) is -0.328. The first-order chi connectivity index (χ1) is 13.3. The zero-order valence-electron chi connectivity index (χ0n) is 14.4. The fourth-order valence-corrected chi connectivity index (χ4v) is 4.26. The molecule has 4 rings (SSSR count).